The molecular weight excluding hydrogens is 380 g/mol. The number of nitrogens with zero attached hydrogens (tertiary/aromatic N) is 1. The number of rotatable bonds is 8. The van der Waals surface area contributed by atoms with E-state index >= 15 is 0 Å². The fourth-order valence-corrected chi connectivity index (χ4v) is 4.18. The summed E-state index contributed by atoms with van der Waals surface area (Å²) in [6, 6.07) is 5.85. The number of aryl methyl sites for hydroxylation is 2. The molecule has 0 saturated carbocycles. The lowest BCUT2D eigenvalue weighted by molar-refractivity contribution is -0.124. The number of thioether (sulfide) groups is 1. The van der Waals surface area contributed by atoms with Crippen LogP contribution in [0.1, 0.15) is 26.5 Å². The molecule has 0 radical (unpaired) electrons. The highest BCUT2D eigenvalue weighted by molar-refractivity contribution is 7.98. The lowest BCUT2D eigenvalue weighted by Crippen LogP contribution is -2.30. The maximum atomic E-state index is 12.1. The Hall–Kier alpha value is -1.57. The Bertz CT molecular complexity index is 712. The molecule has 0 saturated heterocycles. The lowest BCUT2D eigenvalue weighted by atomic mass is 10.1. The van der Waals surface area contributed by atoms with Crippen LogP contribution in [0.15, 0.2) is 23.6 Å². The van der Waals surface area contributed by atoms with Crippen molar-refractivity contribution in [1.82, 2.24) is 10.3 Å². The van der Waals surface area contributed by atoms with Crippen LogP contribution in [0.5, 0.6) is 0 Å². The van der Waals surface area contributed by atoms with Crippen molar-refractivity contribution in [3.8, 4) is 0 Å². The monoisotopic (exact) mass is 398 g/mol. The molecule has 2 aromatic heterocycles. The Kier molecular flexibility index (Phi) is 7.74. The first-order chi connectivity index (χ1) is 12.0. The number of thiophene rings is 1. The number of hydrogen-bond donors (Lipinski definition) is 1. The topological polar surface area (TPSA) is 68.3 Å². The standard InChI is InChI=1S/C17H19ClN2O3S2/c1-11-8-12(2)20-16(18)15(11)17(22)23-9-14(21)19-5-7-24-10-13-4-3-6-25-13/h3-4,6,8H,5,7,9-10H2,1-2H3,(H,19,21). The van der Waals surface area contributed by atoms with Gasteiger partial charge < -0.3 is 10.1 Å². The highest BCUT2D eigenvalue weighted by atomic mass is 35.5. The molecule has 5 nitrogen and oxygen atoms in total. The molecule has 0 aromatic carbocycles. The minimum atomic E-state index is -0.641. The van der Waals surface area contributed by atoms with Gasteiger partial charge in [0.1, 0.15) is 5.15 Å². The minimum Gasteiger partial charge on any atom is -0.452 e. The third-order valence-corrected chi connectivity index (χ3v) is 5.57. The molecule has 0 atom stereocenters. The predicted molar refractivity (Wildman–Crippen MR) is 102 cm³/mol. The second-order valence-corrected chi connectivity index (χ2v) is 7.80. The van der Waals surface area contributed by atoms with Crippen LogP contribution in [-0.2, 0) is 15.3 Å². The van der Waals surface area contributed by atoms with E-state index in [0.717, 1.165) is 17.2 Å². The maximum absolute atomic E-state index is 12.1. The van der Waals surface area contributed by atoms with Crippen LogP contribution in [0.3, 0.4) is 0 Å². The second kappa shape index (κ2) is 9.79. The number of amides is 1. The van der Waals surface area contributed by atoms with E-state index in [1.165, 1.54) is 4.88 Å². The van der Waals surface area contributed by atoms with Gasteiger partial charge in [0.15, 0.2) is 6.61 Å². The largest absolute Gasteiger partial charge is 0.452 e. The summed E-state index contributed by atoms with van der Waals surface area (Å²) in [7, 11) is 0. The van der Waals surface area contributed by atoms with Gasteiger partial charge in [-0.1, -0.05) is 17.7 Å². The van der Waals surface area contributed by atoms with Crippen LogP contribution in [0.2, 0.25) is 5.15 Å². The average Bonchev–Trinajstić information content (AvgIpc) is 3.05. The molecule has 2 rings (SSSR count). The number of ether oxygens (including phenoxy) is 1. The zero-order valence-corrected chi connectivity index (χ0v) is 16.4. The minimum absolute atomic E-state index is 0.0906. The molecule has 1 amide bonds. The number of esters is 1. The lowest BCUT2D eigenvalue weighted by Gasteiger charge is -2.09. The molecule has 134 valence electrons. The maximum Gasteiger partial charge on any atom is 0.342 e. The summed E-state index contributed by atoms with van der Waals surface area (Å²) in [6.07, 6.45) is 0. The molecule has 2 aromatic rings. The predicted octanol–water partition coefficient (Wildman–Crippen LogP) is 3.62. The number of hydrogen-bond acceptors (Lipinski definition) is 6. The van der Waals surface area contributed by atoms with Crippen molar-refractivity contribution in [2.45, 2.75) is 19.6 Å². The van der Waals surface area contributed by atoms with E-state index in [1.54, 1.807) is 43.0 Å². The van der Waals surface area contributed by atoms with Gasteiger partial charge in [-0.3, -0.25) is 4.79 Å². The molecule has 0 unspecified atom stereocenters. The third kappa shape index (κ3) is 6.34. The van der Waals surface area contributed by atoms with Gasteiger partial charge in [-0.25, -0.2) is 9.78 Å². The molecule has 0 fully saturated rings. The van der Waals surface area contributed by atoms with E-state index < -0.39 is 5.97 Å². The molecule has 0 aliphatic carbocycles. The first-order valence-electron chi connectivity index (χ1n) is 7.65. The van der Waals surface area contributed by atoms with Crippen LogP contribution in [0.25, 0.3) is 0 Å². The van der Waals surface area contributed by atoms with Crippen LogP contribution in [0, 0.1) is 13.8 Å². The number of pyridine rings is 1. The highest BCUT2D eigenvalue weighted by Crippen LogP contribution is 2.19. The Morgan fingerprint density at radius 2 is 2.20 bits per heavy atom. The highest BCUT2D eigenvalue weighted by Gasteiger charge is 2.18. The van der Waals surface area contributed by atoms with Crippen LogP contribution in [0.4, 0.5) is 0 Å². The molecule has 25 heavy (non-hydrogen) atoms. The zero-order chi connectivity index (χ0) is 18.2. The van der Waals surface area contributed by atoms with Crippen molar-refractivity contribution >= 4 is 46.6 Å². The van der Waals surface area contributed by atoms with Crippen molar-refractivity contribution in [3.05, 3.63) is 50.4 Å². The average molecular weight is 399 g/mol. The SMILES string of the molecule is Cc1cc(C)c(C(=O)OCC(=O)NCCSCc2cccs2)c(Cl)n1. The van der Waals surface area contributed by atoms with Crippen molar-refractivity contribution in [1.29, 1.82) is 0 Å². The Balaban J connectivity index is 1.68. The summed E-state index contributed by atoms with van der Waals surface area (Å²) < 4.78 is 5.03. The van der Waals surface area contributed by atoms with Gasteiger partial charge in [-0.05, 0) is 36.9 Å². The van der Waals surface area contributed by atoms with E-state index in [2.05, 4.69) is 16.4 Å². The normalized spacial score (nSPS) is 10.5. The summed E-state index contributed by atoms with van der Waals surface area (Å²) in [5.74, 6) is 0.752. The second-order valence-electron chi connectivity index (χ2n) is 5.30. The number of halogens is 1. The van der Waals surface area contributed by atoms with E-state index in [-0.39, 0.29) is 23.2 Å². The summed E-state index contributed by atoms with van der Waals surface area (Å²) in [4.78, 5) is 29.2. The van der Waals surface area contributed by atoms with Crippen LogP contribution in [-0.4, -0.2) is 35.8 Å². The quantitative estimate of drug-likeness (QED) is 0.418. The van der Waals surface area contributed by atoms with Gasteiger partial charge in [-0.2, -0.15) is 11.8 Å². The number of carbonyl (C=O) groups excluding carboxylic acids is 2. The Morgan fingerprint density at radius 3 is 2.88 bits per heavy atom. The first-order valence-corrected chi connectivity index (χ1v) is 10.1. The molecule has 0 bridgehead atoms. The van der Waals surface area contributed by atoms with Crippen LogP contribution >= 0.6 is 34.7 Å². The van der Waals surface area contributed by atoms with E-state index in [0.29, 0.717) is 12.1 Å². The summed E-state index contributed by atoms with van der Waals surface area (Å²) in [5.41, 5.74) is 1.59. The van der Waals surface area contributed by atoms with Crippen molar-refractivity contribution in [2.75, 3.05) is 18.9 Å². The van der Waals surface area contributed by atoms with Gasteiger partial charge in [-0.15, -0.1) is 11.3 Å². The number of aromatic nitrogens is 1. The fourth-order valence-electron chi connectivity index (χ4n) is 2.12. The van der Waals surface area contributed by atoms with Gasteiger partial charge in [0.25, 0.3) is 5.91 Å². The molecule has 0 aliphatic heterocycles. The summed E-state index contributed by atoms with van der Waals surface area (Å²) >= 11 is 9.45. The van der Waals surface area contributed by atoms with Gasteiger partial charge in [0.05, 0.1) is 5.56 Å². The van der Waals surface area contributed by atoms with Crippen LogP contribution < -0.4 is 5.32 Å². The van der Waals surface area contributed by atoms with Gasteiger partial charge in [0, 0.05) is 28.6 Å². The molecule has 0 aliphatic rings. The summed E-state index contributed by atoms with van der Waals surface area (Å²) in [6.45, 7) is 3.73. The van der Waals surface area contributed by atoms with Gasteiger partial charge in [0.2, 0.25) is 0 Å². The molecule has 0 spiro atoms. The van der Waals surface area contributed by atoms with E-state index in [9.17, 15) is 9.59 Å². The molecule has 8 heteroatoms. The molecular formula is C17H19ClN2O3S2. The van der Waals surface area contributed by atoms with E-state index in [4.69, 9.17) is 16.3 Å². The Labute approximate surface area is 160 Å². The Morgan fingerprint density at radius 1 is 1.40 bits per heavy atom. The molecule has 2 heterocycles. The zero-order valence-electron chi connectivity index (χ0n) is 14.0. The number of carbonyl (C=O) groups is 2. The number of nitrogens with one attached hydrogen (secondary N) is 1. The summed E-state index contributed by atoms with van der Waals surface area (Å²) in [5, 5.41) is 4.86. The van der Waals surface area contributed by atoms with Gasteiger partial charge >= 0.3 is 5.97 Å². The molecule has 1 N–H and O–H groups in total. The van der Waals surface area contributed by atoms with Crippen molar-refractivity contribution < 1.29 is 14.3 Å². The van der Waals surface area contributed by atoms with Crippen molar-refractivity contribution in [3.63, 3.8) is 0 Å². The first kappa shape index (κ1) is 19.8. The van der Waals surface area contributed by atoms with E-state index in [1.807, 2.05) is 11.4 Å². The third-order valence-electron chi connectivity index (χ3n) is 3.23. The fraction of sp³-hybridized carbons (Fsp3) is 0.353. The smallest absolute Gasteiger partial charge is 0.342 e. The van der Waals surface area contributed by atoms with Crippen molar-refractivity contribution in [2.24, 2.45) is 0 Å².